The molecule has 0 rings (SSSR count). The number of rotatable bonds is 71. The number of carbonyl (C=O) groups excluding carboxylic acids is 2. The van der Waals surface area contributed by atoms with Crippen molar-refractivity contribution in [3.05, 3.63) is 36.5 Å². The third kappa shape index (κ3) is 69.1. The monoisotopic (exact) mass is 1170 g/mol. The molecule has 490 valence electrons. The van der Waals surface area contributed by atoms with Crippen LogP contribution in [-0.4, -0.2) is 47.4 Å². The third-order valence-corrected chi connectivity index (χ3v) is 17.6. The van der Waals surface area contributed by atoms with E-state index in [4.69, 9.17) is 4.74 Å². The van der Waals surface area contributed by atoms with Crippen molar-refractivity contribution in [3.8, 4) is 0 Å². The van der Waals surface area contributed by atoms with Crippen LogP contribution >= 0.6 is 0 Å². The number of hydrogen-bond acceptors (Lipinski definition) is 5. The average Bonchev–Trinajstić information content (AvgIpc) is 3.49. The molecule has 0 aromatic heterocycles. The number of allylic oxidation sites excluding steroid dienone is 5. The fraction of sp³-hybridized carbons (Fsp3) is 0.896. The first-order valence-corrected chi connectivity index (χ1v) is 37.8. The highest BCUT2D eigenvalue weighted by Crippen LogP contribution is 2.19. The number of aliphatic hydroxyl groups is 2. The van der Waals surface area contributed by atoms with Gasteiger partial charge in [-0.1, -0.05) is 384 Å². The number of ether oxygens (including phenoxy) is 1. The van der Waals surface area contributed by atoms with Crippen LogP contribution in [0.1, 0.15) is 418 Å². The predicted octanol–water partition coefficient (Wildman–Crippen LogP) is 24.7. The van der Waals surface area contributed by atoms with E-state index in [2.05, 4.69) is 43.5 Å². The predicted molar refractivity (Wildman–Crippen MR) is 366 cm³/mol. The van der Waals surface area contributed by atoms with Gasteiger partial charge in [-0.2, -0.15) is 0 Å². The van der Waals surface area contributed by atoms with Gasteiger partial charge in [-0.15, -0.1) is 0 Å². The quantitative estimate of drug-likeness (QED) is 0.0320. The minimum atomic E-state index is -0.843. The lowest BCUT2D eigenvalue weighted by Crippen LogP contribution is -2.45. The van der Waals surface area contributed by atoms with Crippen molar-refractivity contribution in [1.82, 2.24) is 5.32 Å². The number of unbranched alkanes of at least 4 members (excludes halogenated alkanes) is 56. The highest BCUT2D eigenvalue weighted by molar-refractivity contribution is 5.76. The summed E-state index contributed by atoms with van der Waals surface area (Å²) in [5.41, 5.74) is 0. The second-order valence-corrected chi connectivity index (χ2v) is 26.0. The molecular formula is C77H147NO5. The number of amides is 1. The van der Waals surface area contributed by atoms with Crippen molar-refractivity contribution in [2.75, 3.05) is 13.2 Å². The van der Waals surface area contributed by atoms with Gasteiger partial charge in [-0.3, -0.25) is 9.59 Å². The highest BCUT2D eigenvalue weighted by Gasteiger charge is 2.18. The Labute approximate surface area is 519 Å². The first-order valence-electron chi connectivity index (χ1n) is 37.8. The molecule has 0 saturated heterocycles. The normalized spacial score (nSPS) is 12.7. The summed E-state index contributed by atoms with van der Waals surface area (Å²) in [6, 6.07) is -0.626. The molecule has 0 aliphatic rings. The zero-order chi connectivity index (χ0) is 59.9. The molecule has 3 N–H and O–H groups in total. The zero-order valence-electron chi connectivity index (χ0n) is 56.2. The lowest BCUT2D eigenvalue weighted by atomic mass is 10.0. The van der Waals surface area contributed by atoms with Gasteiger partial charge in [-0.25, -0.2) is 0 Å². The maximum atomic E-state index is 12.5. The maximum absolute atomic E-state index is 12.5. The van der Waals surface area contributed by atoms with Gasteiger partial charge in [0.2, 0.25) is 5.91 Å². The van der Waals surface area contributed by atoms with E-state index in [1.807, 2.05) is 6.08 Å². The molecule has 6 nitrogen and oxygen atoms in total. The Morgan fingerprint density at radius 2 is 0.627 bits per heavy atom. The van der Waals surface area contributed by atoms with Gasteiger partial charge in [-0.05, 0) is 57.8 Å². The molecule has 0 aliphatic carbocycles. The molecule has 6 heteroatoms. The summed E-state index contributed by atoms with van der Waals surface area (Å²) >= 11 is 0. The van der Waals surface area contributed by atoms with E-state index in [1.54, 1.807) is 6.08 Å². The Bertz CT molecular complexity index is 1340. The lowest BCUT2D eigenvalue weighted by molar-refractivity contribution is -0.143. The lowest BCUT2D eigenvalue weighted by Gasteiger charge is -2.20. The second kappa shape index (κ2) is 72.6. The summed E-state index contributed by atoms with van der Waals surface area (Å²) in [5, 5.41) is 23.3. The summed E-state index contributed by atoms with van der Waals surface area (Å²) in [4.78, 5) is 24.6. The molecule has 0 spiro atoms. The summed E-state index contributed by atoms with van der Waals surface area (Å²) in [6.07, 6.45) is 94.0. The first kappa shape index (κ1) is 81.1. The van der Waals surface area contributed by atoms with Crippen molar-refractivity contribution in [2.24, 2.45) is 0 Å². The van der Waals surface area contributed by atoms with E-state index < -0.39 is 12.1 Å². The number of hydrogen-bond donors (Lipinski definition) is 3. The Hall–Kier alpha value is -1.92. The summed E-state index contributed by atoms with van der Waals surface area (Å²) < 4.78 is 5.48. The van der Waals surface area contributed by atoms with Crippen LogP contribution in [-0.2, 0) is 14.3 Å². The largest absolute Gasteiger partial charge is 0.466 e. The summed E-state index contributed by atoms with van der Waals surface area (Å²) in [7, 11) is 0. The SMILES string of the molecule is CCC/C=C\C/C=C\CCCCCCCC(=O)OCCCCCCCCCCCCCCCCCCCCCCCCCCCCCCCCCC(=O)NC(CO)C(O)/C=C/CCCCCCCCCCCCCCCCCCCCCC. The molecule has 0 bridgehead atoms. The van der Waals surface area contributed by atoms with Crippen LogP contribution in [0.25, 0.3) is 0 Å². The molecular weight excluding hydrogens is 1020 g/mol. The third-order valence-electron chi connectivity index (χ3n) is 17.6. The minimum absolute atomic E-state index is 0.00546. The van der Waals surface area contributed by atoms with Crippen molar-refractivity contribution in [3.63, 3.8) is 0 Å². The Morgan fingerprint density at radius 1 is 0.337 bits per heavy atom. The summed E-state index contributed by atoms with van der Waals surface area (Å²) in [6.45, 7) is 4.88. The minimum Gasteiger partial charge on any atom is -0.466 e. The molecule has 2 atom stereocenters. The summed E-state index contributed by atoms with van der Waals surface area (Å²) in [5.74, 6) is -0.0540. The van der Waals surface area contributed by atoms with Gasteiger partial charge in [0, 0.05) is 12.8 Å². The second-order valence-electron chi connectivity index (χ2n) is 26.0. The molecule has 0 aromatic rings. The fourth-order valence-electron chi connectivity index (χ4n) is 11.9. The van der Waals surface area contributed by atoms with Crippen molar-refractivity contribution < 1.29 is 24.5 Å². The van der Waals surface area contributed by atoms with Gasteiger partial charge < -0.3 is 20.3 Å². The molecule has 2 unspecified atom stereocenters. The van der Waals surface area contributed by atoms with Crippen molar-refractivity contribution in [1.29, 1.82) is 0 Å². The van der Waals surface area contributed by atoms with Crippen LogP contribution in [0.5, 0.6) is 0 Å². The van der Waals surface area contributed by atoms with Crippen molar-refractivity contribution in [2.45, 2.75) is 431 Å². The first-order chi connectivity index (χ1) is 41.0. The van der Waals surface area contributed by atoms with E-state index in [1.165, 1.54) is 340 Å². The smallest absolute Gasteiger partial charge is 0.305 e. The maximum Gasteiger partial charge on any atom is 0.305 e. The fourth-order valence-corrected chi connectivity index (χ4v) is 11.9. The number of esters is 1. The molecule has 0 radical (unpaired) electrons. The Kier molecular flexibility index (Phi) is 70.9. The van der Waals surface area contributed by atoms with Gasteiger partial charge in [0.1, 0.15) is 0 Å². The molecule has 83 heavy (non-hydrogen) atoms. The van der Waals surface area contributed by atoms with E-state index >= 15 is 0 Å². The topological polar surface area (TPSA) is 95.9 Å². The van der Waals surface area contributed by atoms with Crippen LogP contribution < -0.4 is 5.32 Å². The van der Waals surface area contributed by atoms with Gasteiger partial charge in [0.25, 0.3) is 0 Å². The molecule has 0 saturated carbocycles. The molecule has 0 heterocycles. The van der Waals surface area contributed by atoms with E-state index in [-0.39, 0.29) is 18.5 Å². The standard InChI is InChI=1S/C77H147NO5/c1-3-5-7-9-11-13-15-17-18-19-20-21-33-36-39-42-46-49-53-57-61-65-69-75(80)74(73-79)78-76(81)70-66-62-58-54-50-47-43-40-37-34-31-29-27-25-23-22-24-26-28-30-32-35-38-41-44-48-52-56-60-64-68-72-83-77(82)71-67-63-59-55-51-45-16-14-12-10-8-6-4-2/h8,10,14,16,65,69,74-75,79-80H,3-7,9,11-13,15,17-64,66-68,70-73H2,1-2H3,(H,78,81)/b10-8-,16-14-,69-65+. The van der Waals surface area contributed by atoms with E-state index in [0.717, 1.165) is 51.4 Å². The number of aliphatic hydroxyl groups excluding tert-OH is 2. The Morgan fingerprint density at radius 3 is 0.964 bits per heavy atom. The molecule has 0 aliphatic heterocycles. The highest BCUT2D eigenvalue weighted by atomic mass is 16.5. The van der Waals surface area contributed by atoms with E-state index in [9.17, 15) is 19.8 Å². The Balaban J connectivity index is 3.36. The zero-order valence-corrected chi connectivity index (χ0v) is 56.2. The molecule has 0 aromatic carbocycles. The van der Waals surface area contributed by atoms with Gasteiger partial charge in [0.15, 0.2) is 0 Å². The van der Waals surface area contributed by atoms with Crippen LogP contribution in [0, 0.1) is 0 Å². The van der Waals surface area contributed by atoms with Crippen LogP contribution in [0.3, 0.4) is 0 Å². The van der Waals surface area contributed by atoms with Crippen LogP contribution in [0.15, 0.2) is 36.5 Å². The molecule has 1 amide bonds. The molecule has 0 fully saturated rings. The van der Waals surface area contributed by atoms with Gasteiger partial charge >= 0.3 is 5.97 Å². The number of carbonyl (C=O) groups is 2. The average molecular weight is 1170 g/mol. The van der Waals surface area contributed by atoms with Crippen LogP contribution in [0.4, 0.5) is 0 Å². The van der Waals surface area contributed by atoms with Gasteiger partial charge in [0.05, 0.1) is 25.4 Å². The van der Waals surface area contributed by atoms with Crippen molar-refractivity contribution >= 4 is 11.9 Å². The number of nitrogens with one attached hydrogen (secondary N) is 1. The van der Waals surface area contributed by atoms with E-state index in [0.29, 0.717) is 19.4 Å². The van der Waals surface area contributed by atoms with Crippen LogP contribution in [0.2, 0.25) is 0 Å².